The number of sulfone groups is 2. The predicted molar refractivity (Wildman–Crippen MR) is 65.2 cm³/mol. The van der Waals surface area contributed by atoms with Gasteiger partial charge in [0.2, 0.25) is 0 Å². The minimum absolute atomic E-state index is 0.00170. The van der Waals surface area contributed by atoms with Gasteiger partial charge in [0.25, 0.3) is 0 Å². The van der Waals surface area contributed by atoms with Gasteiger partial charge in [0.05, 0.1) is 15.9 Å². The number of hydrogen-bond acceptors (Lipinski definition) is 4. The molecule has 0 heterocycles. The van der Waals surface area contributed by atoms with Crippen LogP contribution in [0.4, 0.5) is 0 Å². The topological polar surface area (TPSA) is 68.3 Å². The molecule has 0 radical (unpaired) electrons. The van der Waals surface area contributed by atoms with Crippen LogP contribution in [-0.4, -0.2) is 28.3 Å². The number of rotatable bonds is 4. The first-order chi connectivity index (χ1) is 7.79. The van der Waals surface area contributed by atoms with Gasteiger partial charge in [-0.1, -0.05) is 12.1 Å². The summed E-state index contributed by atoms with van der Waals surface area (Å²) < 4.78 is 45.9. The first-order valence-corrected chi connectivity index (χ1v) is 8.90. The SMILES string of the molecule is CS(=O)(=O)c1ccc(CS(=O)(=O)C2CC2)cc1. The van der Waals surface area contributed by atoms with Gasteiger partial charge in [0.15, 0.2) is 19.7 Å². The van der Waals surface area contributed by atoms with Crippen LogP contribution < -0.4 is 0 Å². The van der Waals surface area contributed by atoms with E-state index in [9.17, 15) is 16.8 Å². The highest BCUT2D eigenvalue weighted by Gasteiger charge is 2.35. The van der Waals surface area contributed by atoms with Crippen LogP contribution in [0.25, 0.3) is 0 Å². The lowest BCUT2D eigenvalue weighted by Gasteiger charge is -2.04. The second-order valence-electron chi connectivity index (χ2n) is 4.42. The largest absolute Gasteiger partial charge is 0.228 e. The molecule has 0 amide bonds. The Hall–Kier alpha value is -0.880. The van der Waals surface area contributed by atoms with Gasteiger partial charge in [0, 0.05) is 6.26 Å². The van der Waals surface area contributed by atoms with Crippen LogP contribution in [0, 0.1) is 0 Å². The summed E-state index contributed by atoms with van der Waals surface area (Å²) in [6, 6.07) is 6.03. The van der Waals surface area contributed by atoms with Crippen molar-refractivity contribution < 1.29 is 16.8 Å². The van der Waals surface area contributed by atoms with Crippen LogP contribution >= 0.6 is 0 Å². The summed E-state index contributed by atoms with van der Waals surface area (Å²) in [7, 11) is -6.25. The fourth-order valence-corrected chi connectivity index (χ4v) is 3.99. The molecule has 1 aliphatic carbocycles. The van der Waals surface area contributed by atoms with Gasteiger partial charge in [-0.25, -0.2) is 16.8 Å². The highest BCUT2D eigenvalue weighted by molar-refractivity contribution is 7.91. The van der Waals surface area contributed by atoms with E-state index in [4.69, 9.17) is 0 Å². The van der Waals surface area contributed by atoms with Crippen molar-refractivity contribution in [3.63, 3.8) is 0 Å². The standard InChI is InChI=1S/C11H14O4S2/c1-16(12,13)10-4-2-9(3-5-10)8-17(14,15)11-6-7-11/h2-5,11H,6-8H2,1H3. The first kappa shape index (κ1) is 12.6. The van der Waals surface area contributed by atoms with E-state index in [0.29, 0.717) is 5.56 Å². The zero-order chi connectivity index (χ0) is 12.7. The molecule has 1 aliphatic rings. The molecule has 0 N–H and O–H groups in total. The third-order valence-corrected chi connectivity index (χ3v) is 6.10. The Kier molecular flexibility index (Phi) is 3.03. The van der Waals surface area contributed by atoms with Gasteiger partial charge in [-0.15, -0.1) is 0 Å². The minimum atomic E-state index is -3.22. The van der Waals surface area contributed by atoms with E-state index >= 15 is 0 Å². The number of hydrogen-bond donors (Lipinski definition) is 0. The van der Waals surface area contributed by atoms with Crippen molar-refractivity contribution in [1.82, 2.24) is 0 Å². The van der Waals surface area contributed by atoms with Crippen molar-refractivity contribution in [2.24, 2.45) is 0 Å². The molecule has 1 aromatic rings. The van der Waals surface area contributed by atoms with E-state index in [1.54, 1.807) is 12.1 Å². The quantitative estimate of drug-likeness (QED) is 0.826. The second kappa shape index (κ2) is 4.10. The van der Waals surface area contributed by atoms with Crippen molar-refractivity contribution in [2.75, 3.05) is 6.26 Å². The molecule has 1 fully saturated rings. The molecule has 4 nitrogen and oxygen atoms in total. The minimum Gasteiger partial charge on any atom is -0.228 e. The van der Waals surface area contributed by atoms with E-state index < -0.39 is 19.7 Å². The fourth-order valence-electron chi connectivity index (χ4n) is 1.61. The van der Waals surface area contributed by atoms with Gasteiger partial charge < -0.3 is 0 Å². The summed E-state index contributed by atoms with van der Waals surface area (Å²) in [5.74, 6) is 0.00170. The third kappa shape index (κ3) is 3.07. The lowest BCUT2D eigenvalue weighted by Crippen LogP contribution is -2.09. The molecule has 17 heavy (non-hydrogen) atoms. The van der Waals surface area contributed by atoms with E-state index in [1.165, 1.54) is 12.1 Å². The van der Waals surface area contributed by atoms with Gasteiger partial charge in [-0.05, 0) is 30.5 Å². The molecule has 0 aliphatic heterocycles. The van der Waals surface area contributed by atoms with Gasteiger partial charge in [0.1, 0.15) is 0 Å². The maximum absolute atomic E-state index is 11.7. The van der Waals surface area contributed by atoms with Crippen LogP contribution in [0.2, 0.25) is 0 Å². The Labute approximate surface area is 102 Å². The normalized spacial score (nSPS) is 17.0. The van der Waals surface area contributed by atoms with Gasteiger partial charge >= 0.3 is 0 Å². The van der Waals surface area contributed by atoms with E-state index in [-0.39, 0.29) is 15.9 Å². The molecule has 0 saturated heterocycles. The molecule has 6 heteroatoms. The maximum Gasteiger partial charge on any atom is 0.175 e. The van der Waals surface area contributed by atoms with Gasteiger partial charge in [-0.3, -0.25) is 0 Å². The average molecular weight is 274 g/mol. The molecule has 0 unspecified atom stereocenters. The van der Waals surface area contributed by atoms with Crippen LogP contribution in [0.3, 0.4) is 0 Å². The Morgan fingerprint density at radius 2 is 1.59 bits per heavy atom. The Morgan fingerprint density at radius 1 is 1.06 bits per heavy atom. The van der Waals surface area contributed by atoms with Crippen molar-refractivity contribution in [2.45, 2.75) is 28.7 Å². The summed E-state index contributed by atoms with van der Waals surface area (Å²) >= 11 is 0. The molecule has 0 aromatic heterocycles. The molecular weight excluding hydrogens is 260 g/mol. The molecule has 1 aromatic carbocycles. The zero-order valence-electron chi connectivity index (χ0n) is 9.46. The summed E-state index contributed by atoms with van der Waals surface area (Å²) in [5, 5.41) is -0.183. The molecule has 0 atom stereocenters. The van der Waals surface area contributed by atoms with Crippen LogP contribution in [0.15, 0.2) is 29.2 Å². The lowest BCUT2D eigenvalue weighted by atomic mass is 10.2. The van der Waals surface area contributed by atoms with Crippen molar-refractivity contribution in [3.05, 3.63) is 29.8 Å². The fraction of sp³-hybridized carbons (Fsp3) is 0.455. The van der Waals surface area contributed by atoms with Crippen molar-refractivity contribution >= 4 is 19.7 Å². The van der Waals surface area contributed by atoms with Crippen molar-refractivity contribution in [3.8, 4) is 0 Å². The summed E-state index contributed by atoms with van der Waals surface area (Å²) in [6.07, 6.45) is 2.64. The molecule has 1 saturated carbocycles. The first-order valence-electron chi connectivity index (χ1n) is 5.29. The van der Waals surface area contributed by atoms with Crippen LogP contribution in [0.1, 0.15) is 18.4 Å². The van der Waals surface area contributed by atoms with Crippen LogP contribution in [-0.2, 0) is 25.4 Å². The second-order valence-corrected chi connectivity index (χ2v) is 8.72. The summed E-state index contributed by atoms with van der Waals surface area (Å²) in [6.45, 7) is 0. The van der Waals surface area contributed by atoms with E-state index in [1.807, 2.05) is 0 Å². The highest BCUT2D eigenvalue weighted by atomic mass is 32.2. The van der Waals surface area contributed by atoms with Crippen LogP contribution in [0.5, 0.6) is 0 Å². The lowest BCUT2D eigenvalue weighted by molar-refractivity contribution is 0.594. The third-order valence-electron chi connectivity index (χ3n) is 2.75. The molecule has 0 spiro atoms. The summed E-state index contributed by atoms with van der Waals surface area (Å²) in [4.78, 5) is 0.213. The Morgan fingerprint density at radius 3 is 2.00 bits per heavy atom. The van der Waals surface area contributed by atoms with Crippen molar-refractivity contribution in [1.29, 1.82) is 0 Å². The average Bonchev–Trinajstić information content (AvgIpc) is 2.99. The Bertz CT molecular complexity index is 608. The molecular formula is C11H14O4S2. The predicted octanol–water partition coefficient (Wildman–Crippen LogP) is 1.17. The monoisotopic (exact) mass is 274 g/mol. The zero-order valence-corrected chi connectivity index (χ0v) is 11.1. The molecule has 94 valence electrons. The number of benzene rings is 1. The van der Waals surface area contributed by atoms with E-state index in [2.05, 4.69) is 0 Å². The molecule has 0 bridgehead atoms. The summed E-state index contributed by atoms with van der Waals surface area (Å²) in [5.41, 5.74) is 0.643. The Balaban J connectivity index is 2.19. The highest BCUT2D eigenvalue weighted by Crippen LogP contribution is 2.30. The maximum atomic E-state index is 11.7. The smallest absolute Gasteiger partial charge is 0.175 e. The van der Waals surface area contributed by atoms with Gasteiger partial charge in [-0.2, -0.15) is 0 Å². The molecule has 2 rings (SSSR count). The van der Waals surface area contributed by atoms with E-state index in [0.717, 1.165) is 19.1 Å².